The van der Waals surface area contributed by atoms with Crippen LogP contribution in [0.2, 0.25) is 0 Å². The number of hydrogen-bond donors (Lipinski definition) is 2. The van der Waals surface area contributed by atoms with Gasteiger partial charge in [-0.2, -0.15) is 0 Å². The van der Waals surface area contributed by atoms with Crippen LogP contribution in [0.4, 0.5) is 0 Å². The van der Waals surface area contributed by atoms with Crippen molar-refractivity contribution in [2.75, 3.05) is 13.7 Å². The molecule has 102 valence electrons. The number of carbonyl (C=O) groups excluding carboxylic acids is 1. The standard InChI is InChI=1S/C14H17NO4/c1-4-19-14(17)12(9(2)16)13(15)10-5-7-11(18-3)8-6-10/h5-8,15-16H,4H2,1-3H3. The fourth-order valence-corrected chi connectivity index (χ4v) is 1.54. The van der Waals surface area contributed by atoms with Crippen molar-refractivity contribution in [3.63, 3.8) is 0 Å². The molecule has 0 aliphatic heterocycles. The van der Waals surface area contributed by atoms with Crippen molar-refractivity contribution in [2.24, 2.45) is 0 Å². The predicted molar refractivity (Wildman–Crippen MR) is 71.8 cm³/mol. The van der Waals surface area contributed by atoms with Gasteiger partial charge in [-0.05, 0) is 38.1 Å². The van der Waals surface area contributed by atoms with E-state index in [1.807, 2.05) is 0 Å². The molecule has 5 nitrogen and oxygen atoms in total. The summed E-state index contributed by atoms with van der Waals surface area (Å²) in [7, 11) is 1.54. The van der Waals surface area contributed by atoms with Gasteiger partial charge in [0.2, 0.25) is 0 Å². The summed E-state index contributed by atoms with van der Waals surface area (Å²) >= 11 is 0. The Bertz CT molecular complexity index is 499. The van der Waals surface area contributed by atoms with Gasteiger partial charge in [-0.3, -0.25) is 5.41 Å². The van der Waals surface area contributed by atoms with Crippen LogP contribution in [0.3, 0.4) is 0 Å². The lowest BCUT2D eigenvalue weighted by Crippen LogP contribution is -2.18. The van der Waals surface area contributed by atoms with Gasteiger partial charge in [0.25, 0.3) is 0 Å². The van der Waals surface area contributed by atoms with Crippen LogP contribution in [-0.2, 0) is 9.53 Å². The van der Waals surface area contributed by atoms with Gasteiger partial charge in [-0.1, -0.05) is 0 Å². The van der Waals surface area contributed by atoms with Crippen LogP contribution in [-0.4, -0.2) is 30.5 Å². The molecule has 5 heteroatoms. The molecule has 0 spiro atoms. The normalized spacial score (nSPS) is 11.5. The molecule has 0 saturated heterocycles. The van der Waals surface area contributed by atoms with Crippen LogP contribution in [0.15, 0.2) is 35.6 Å². The number of methoxy groups -OCH3 is 1. The summed E-state index contributed by atoms with van der Waals surface area (Å²) in [5.74, 6) is -0.290. The maximum atomic E-state index is 11.7. The van der Waals surface area contributed by atoms with Gasteiger partial charge in [0, 0.05) is 5.56 Å². The topological polar surface area (TPSA) is 79.6 Å². The van der Waals surface area contributed by atoms with E-state index >= 15 is 0 Å². The highest BCUT2D eigenvalue weighted by Crippen LogP contribution is 2.17. The first-order valence-electron chi connectivity index (χ1n) is 5.81. The zero-order valence-electron chi connectivity index (χ0n) is 11.2. The lowest BCUT2D eigenvalue weighted by Gasteiger charge is -2.10. The minimum atomic E-state index is -0.705. The molecule has 0 aromatic heterocycles. The minimum absolute atomic E-state index is 0.0823. The van der Waals surface area contributed by atoms with Crippen LogP contribution in [0, 0.1) is 5.41 Å². The van der Waals surface area contributed by atoms with E-state index in [1.165, 1.54) is 6.92 Å². The number of aliphatic hydroxyl groups excluding tert-OH is 1. The summed E-state index contributed by atoms with van der Waals surface area (Å²) in [6.07, 6.45) is 0. The Hall–Kier alpha value is -2.30. The van der Waals surface area contributed by atoms with E-state index in [4.69, 9.17) is 14.9 Å². The third kappa shape index (κ3) is 3.58. The molecule has 0 heterocycles. The Morgan fingerprint density at radius 1 is 1.32 bits per heavy atom. The van der Waals surface area contributed by atoms with Gasteiger partial charge in [0.15, 0.2) is 0 Å². The summed E-state index contributed by atoms with van der Waals surface area (Å²) in [6.45, 7) is 3.20. The third-order valence-electron chi connectivity index (χ3n) is 2.47. The van der Waals surface area contributed by atoms with Gasteiger partial charge in [0.05, 0.1) is 19.4 Å². The first-order chi connectivity index (χ1) is 9.01. The molecule has 0 atom stereocenters. The average Bonchev–Trinajstić information content (AvgIpc) is 2.38. The third-order valence-corrected chi connectivity index (χ3v) is 2.47. The Morgan fingerprint density at radius 3 is 2.32 bits per heavy atom. The highest BCUT2D eigenvalue weighted by Gasteiger charge is 2.20. The van der Waals surface area contributed by atoms with Gasteiger partial charge in [0.1, 0.15) is 17.1 Å². The average molecular weight is 263 g/mol. The fourth-order valence-electron chi connectivity index (χ4n) is 1.54. The quantitative estimate of drug-likeness (QED) is 0.370. The van der Waals surface area contributed by atoms with Gasteiger partial charge in [-0.15, -0.1) is 0 Å². The number of nitrogens with one attached hydrogen (secondary N) is 1. The van der Waals surface area contributed by atoms with E-state index < -0.39 is 5.97 Å². The van der Waals surface area contributed by atoms with Crippen molar-refractivity contribution < 1.29 is 19.4 Å². The Kier molecular flexibility index (Phi) is 5.11. The number of allylic oxidation sites excluding steroid dienone is 1. The van der Waals surface area contributed by atoms with Crippen molar-refractivity contribution in [3.05, 3.63) is 41.2 Å². The second kappa shape index (κ2) is 6.58. The zero-order valence-corrected chi connectivity index (χ0v) is 11.2. The van der Waals surface area contributed by atoms with Crippen molar-refractivity contribution in [1.29, 1.82) is 5.41 Å². The first-order valence-corrected chi connectivity index (χ1v) is 5.81. The Labute approximate surface area is 112 Å². The molecule has 0 unspecified atom stereocenters. The highest BCUT2D eigenvalue weighted by atomic mass is 16.5. The minimum Gasteiger partial charge on any atom is -0.512 e. The zero-order chi connectivity index (χ0) is 14.4. The van der Waals surface area contributed by atoms with Crippen molar-refractivity contribution >= 4 is 11.7 Å². The van der Waals surface area contributed by atoms with Crippen LogP contribution in [0.25, 0.3) is 0 Å². The summed E-state index contributed by atoms with van der Waals surface area (Å²) in [6, 6.07) is 6.64. The smallest absolute Gasteiger partial charge is 0.343 e. The second-order valence-electron chi connectivity index (χ2n) is 3.78. The lowest BCUT2D eigenvalue weighted by molar-refractivity contribution is -0.138. The molecule has 0 saturated carbocycles. The molecule has 1 aromatic rings. The molecule has 1 aromatic carbocycles. The van der Waals surface area contributed by atoms with E-state index in [1.54, 1.807) is 38.3 Å². The molecule has 0 bridgehead atoms. The molecule has 0 aliphatic carbocycles. The number of hydrogen-bond acceptors (Lipinski definition) is 5. The van der Waals surface area contributed by atoms with E-state index in [0.717, 1.165) is 0 Å². The van der Waals surface area contributed by atoms with Crippen LogP contribution < -0.4 is 4.74 Å². The van der Waals surface area contributed by atoms with E-state index in [0.29, 0.717) is 11.3 Å². The maximum Gasteiger partial charge on any atom is 0.343 e. The van der Waals surface area contributed by atoms with E-state index in [2.05, 4.69) is 0 Å². The lowest BCUT2D eigenvalue weighted by atomic mass is 10.0. The van der Waals surface area contributed by atoms with Crippen LogP contribution in [0.5, 0.6) is 5.75 Å². The molecule has 19 heavy (non-hydrogen) atoms. The summed E-state index contributed by atoms with van der Waals surface area (Å²) < 4.78 is 9.85. The predicted octanol–water partition coefficient (Wildman–Crippen LogP) is 2.46. The largest absolute Gasteiger partial charge is 0.512 e. The summed E-state index contributed by atoms with van der Waals surface area (Å²) in [5.41, 5.74) is 0.283. The van der Waals surface area contributed by atoms with E-state index in [-0.39, 0.29) is 23.7 Å². The summed E-state index contributed by atoms with van der Waals surface area (Å²) in [5, 5.41) is 17.5. The second-order valence-corrected chi connectivity index (χ2v) is 3.78. The molecule has 0 radical (unpaired) electrons. The van der Waals surface area contributed by atoms with Crippen molar-refractivity contribution in [1.82, 2.24) is 0 Å². The molecule has 0 amide bonds. The van der Waals surface area contributed by atoms with Crippen molar-refractivity contribution in [3.8, 4) is 5.75 Å². The monoisotopic (exact) mass is 263 g/mol. The SMILES string of the molecule is CCOC(=O)C(C(=N)c1ccc(OC)cc1)=C(C)O. The molecule has 1 rings (SSSR count). The number of ether oxygens (including phenoxy) is 2. The van der Waals surface area contributed by atoms with Gasteiger partial charge in [-0.25, -0.2) is 4.79 Å². The number of esters is 1. The maximum absolute atomic E-state index is 11.7. The molecule has 0 aliphatic rings. The van der Waals surface area contributed by atoms with Crippen LogP contribution >= 0.6 is 0 Å². The van der Waals surface area contributed by atoms with Crippen molar-refractivity contribution in [2.45, 2.75) is 13.8 Å². The number of benzene rings is 1. The van der Waals surface area contributed by atoms with E-state index in [9.17, 15) is 9.90 Å². The highest BCUT2D eigenvalue weighted by molar-refractivity contribution is 6.25. The Balaban J connectivity index is 3.07. The number of aliphatic hydroxyl groups is 1. The number of carbonyl (C=O) groups is 1. The summed E-state index contributed by atoms with van der Waals surface area (Å²) in [4.78, 5) is 11.7. The number of rotatable bonds is 5. The Morgan fingerprint density at radius 2 is 1.89 bits per heavy atom. The van der Waals surface area contributed by atoms with Gasteiger partial charge >= 0.3 is 5.97 Å². The molecule has 0 fully saturated rings. The molecule has 2 N–H and O–H groups in total. The first kappa shape index (κ1) is 14.8. The van der Waals surface area contributed by atoms with Crippen LogP contribution in [0.1, 0.15) is 19.4 Å². The fraction of sp³-hybridized carbons (Fsp3) is 0.286. The molecular weight excluding hydrogens is 246 g/mol. The van der Waals surface area contributed by atoms with Gasteiger partial charge < -0.3 is 14.6 Å². The molecular formula is C14H17NO4.